The van der Waals surface area contributed by atoms with Gasteiger partial charge in [0, 0.05) is 55.4 Å². The molecular weight excluding hydrogens is 466 g/mol. The molecule has 0 spiro atoms. The summed E-state index contributed by atoms with van der Waals surface area (Å²) >= 11 is 0. The number of fused-ring (bicyclic) bond motifs is 1. The summed E-state index contributed by atoms with van der Waals surface area (Å²) in [5.74, 6) is 0.0127. The van der Waals surface area contributed by atoms with Crippen molar-refractivity contribution in [3.05, 3.63) is 53.5 Å². The van der Waals surface area contributed by atoms with E-state index in [-0.39, 0.29) is 12.1 Å². The van der Waals surface area contributed by atoms with E-state index in [1.807, 2.05) is 20.7 Å². The Kier molecular flexibility index (Phi) is 6.51. The number of morpholine rings is 1. The van der Waals surface area contributed by atoms with Crippen LogP contribution in [0.1, 0.15) is 30.0 Å². The second-order valence-electron chi connectivity index (χ2n) is 9.54. The zero-order valence-corrected chi connectivity index (χ0v) is 20.1. The fourth-order valence-corrected chi connectivity index (χ4v) is 5.14. The maximum atomic E-state index is 15.0. The molecule has 2 saturated heterocycles. The number of piperidine rings is 1. The molecule has 0 atom stereocenters. The molecule has 3 aromatic rings. The minimum absolute atomic E-state index is 0.0934. The van der Waals surface area contributed by atoms with Crippen molar-refractivity contribution in [2.75, 3.05) is 56.2 Å². The van der Waals surface area contributed by atoms with E-state index in [0.29, 0.717) is 62.8 Å². The number of anilines is 4. The number of nitrogens with one attached hydrogen (secondary N) is 2. The molecule has 2 fully saturated rings. The first-order chi connectivity index (χ1) is 17.6. The van der Waals surface area contributed by atoms with Crippen molar-refractivity contribution in [1.82, 2.24) is 30.0 Å². The second-order valence-corrected chi connectivity index (χ2v) is 9.54. The largest absolute Gasteiger partial charge is 0.379 e. The van der Waals surface area contributed by atoms with Gasteiger partial charge in [-0.15, -0.1) is 0 Å². The Morgan fingerprint density at radius 2 is 1.83 bits per heavy atom. The van der Waals surface area contributed by atoms with Crippen LogP contribution in [0.3, 0.4) is 0 Å². The molecule has 3 aliphatic heterocycles. The number of aromatic nitrogens is 4. The molecule has 0 unspecified atom stereocenters. The first-order valence-corrected chi connectivity index (χ1v) is 12.6. The number of ether oxygens (including phenoxy) is 1. The monoisotopic (exact) mass is 496 g/mol. The number of benzene rings is 1. The van der Waals surface area contributed by atoms with Gasteiger partial charge >= 0.3 is 0 Å². The minimum atomic E-state index is -0.539. The van der Waals surface area contributed by atoms with E-state index in [4.69, 9.17) is 9.72 Å². The Labute approximate surface area is 208 Å². The Balaban J connectivity index is 1.19. The quantitative estimate of drug-likeness (QED) is 0.539. The van der Waals surface area contributed by atoms with Gasteiger partial charge in [-0.3, -0.25) is 9.58 Å². The van der Waals surface area contributed by atoms with E-state index < -0.39 is 11.6 Å². The lowest BCUT2D eigenvalue weighted by Gasteiger charge is -2.27. The zero-order chi connectivity index (χ0) is 24.5. The van der Waals surface area contributed by atoms with Gasteiger partial charge in [-0.05, 0) is 44.5 Å². The lowest BCUT2D eigenvalue weighted by Crippen LogP contribution is -2.36. The lowest BCUT2D eigenvalue weighted by molar-refractivity contribution is 0.0332. The Bertz CT molecular complexity index is 1200. The second kappa shape index (κ2) is 10.1. The molecule has 11 heteroatoms. The summed E-state index contributed by atoms with van der Waals surface area (Å²) in [5.41, 5.74) is 2.31. The Hall–Kier alpha value is -3.15. The van der Waals surface area contributed by atoms with Crippen LogP contribution in [0.25, 0.3) is 0 Å². The molecule has 36 heavy (non-hydrogen) atoms. The van der Waals surface area contributed by atoms with E-state index in [1.54, 1.807) is 12.4 Å². The number of rotatable bonds is 6. The summed E-state index contributed by atoms with van der Waals surface area (Å²) in [4.78, 5) is 13.0. The minimum Gasteiger partial charge on any atom is -0.379 e. The molecule has 0 aliphatic carbocycles. The highest BCUT2D eigenvalue weighted by Gasteiger charge is 2.26. The van der Waals surface area contributed by atoms with Crippen molar-refractivity contribution >= 4 is 23.1 Å². The van der Waals surface area contributed by atoms with Crippen LogP contribution in [0.2, 0.25) is 0 Å². The average molecular weight is 497 g/mol. The van der Waals surface area contributed by atoms with Crippen LogP contribution in [0.15, 0.2) is 30.7 Å². The van der Waals surface area contributed by atoms with Gasteiger partial charge in [-0.2, -0.15) is 10.1 Å². The van der Waals surface area contributed by atoms with Gasteiger partial charge in [0.1, 0.15) is 17.5 Å². The predicted octanol–water partition coefficient (Wildman–Crippen LogP) is 3.15. The third kappa shape index (κ3) is 4.78. The molecule has 0 bridgehead atoms. The van der Waals surface area contributed by atoms with Crippen LogP contribution in [0, 0.1) is 11.6 Å². The predicted molar refractivity (Wildman–Crippen MR) is 132 cm³/mol. The normalized spacial score (nSPS) is 19.0. The Morgan fingerprint density at radius 3 is 2.61 bits per heavy atom. The van der Waals surface area contributed by atoms with Gasteiger partial charge in [0.15, 0.2) is 0 Å². The Morgan fingerprint density at radius 1 is 1.06 bits per heavy atom. The highest BCUT2D eigenvalue weighted by molar-refractivity contribution is 5.68. The van der Waals surface area contributed by atoms with Gasteiger partial charge < -0.3 is 20.3 Å². The summed E-state index contributed by atoms with van der Waals surface area (Å²) in [7, 11) is 0. The highest BCUT2D eigenvalue weighted by Crippen LogP contribution is 2.35. The molecule has 0 amide bonds. The van der Waals surface area contributed by atoms with Gasteiger partial charge in [0.25, 0.3) is 0 Å². The summed E-state index contributed by atoms with van der Waals surface area (Å²) in [6.45, 7) is 5.32. The first-order valence-electron chi connectivity index (χ1n) is 12.6. The fraction of sp³-hybridized carbons (Fsp3) is 0.480. The molecule has 0 saturated carbocycles. The number of hydrogen-bond acceptors (Lipinski definition) is 8. The maximum Gasteiger partial charge on any atom is 0.229 e. The number of nitrogens with zero attached hydrogens (tertiary/aromatic N) is 6. The lowest BCUT2D eigenvalue weighted by atomic mass is 10.1. The van der Waals surface area contributed by atoms with Crippen molar-refractivity contribution in [2.45, 2.75) is 31.8 Å². The standard InChI is InChI=1S/C25H30F2N8O/c26-22-11-20(12-23(27)21(22)16-33-7-9-36-10-8-33)34-6-3-17-13-29-25(32-24(17)34)31-18-14-30-35(15-18)19-1-4-28-5-2-19/h11-15,19,28H,1-10,16H2,(H,29,31,32). The van der Waals surface area contributed by atoms with E-state index in [9.17, 15) is 0 Å². The smallest absolute Gasteiger partial charge is 0.229 e. The van der Waals surface area contributed by atoms with Crippen LogP contribution in [0.4, 0.5) is 31.9 Å². The maximum absolute atomic E-state index is 15.0. The van der Waals surface area contributed by atoms with Crippen molar-refractivity contribution in [3.8, 4) is 0 Å². The van der Waals surface area contributed by atoms with Crippen LogP contribution in [0.5, 0.6) is 0 Å². The number of hydrogen-bond donors (Lipinski definition) is 2. The van der Waals surface area contributed by atoms with E-state index in [1.165, 1.54) is 12.1 Å². The molecule has 0 radical (unpaired) electrons. The van der Waals surface area contributed by atoms with Gasteiger partial charge in [0.05, 0.1) is 31.1 Å². The molecule has 9 nitrogen and oxygen atoms in total. The van der Waals surface area contributed by atoms with Crippen molar-refractivity contribution in [1.29, 1.82) is 0 Å². The summed E-state index contributed by atoms with van der Waals surface area (Å²) in [5, 5.41) is 11.1. The third-order valence-electron chi connectivity index (χ3n) is 7.17. The molecule has 6 rings (SSSR count). The van der Waals surface area contributed by atoms with E-state index >= 15 is 8.78 Å². The topological polar surface area (TPSA) is 83.4 Å². The SMILES string of the molecule is Fc1cc(N2CCc3cnc(Nc4cnn(C5CCNCC5)c4)nc32)cc(F)c1CN1CCOCC1. The molecule has 3 aliphatic rings. The van der Waals surface area contributed by atoms with Crippen molar-refractivity contribution in [3.63, 3.8) is 0 Å². The van der Waals surface area contributed by atoms with Gasteiger partial charge in [0.2, 0.25) is 5.95 Å². The molecule has 2 aromatic heterocycles. The van der Waals surface area contributed by atoms with Crippen LogP contribution < -0.4 is 15.5 Å². The first kappa shape index (κ1) is 23.3. The van der Waals surface area contributed by atoms with Gasteiger partial charge in [-0.25, -0.2) is 13.8 Å². The van der Waals surface area contributed by atoms with Crippen molar-refractivity contribution < 1.29 is 13.5 Å². The molecular formula is C25H30F2N8O. The number of halogens is 2. The zero-order valence-electron chi connectivity index (χ0n) is 20.1. The van der Waals surface area contributed by atoms with Gasteiger partial charge in [-0.1, -0.05) is 0 Å². The average Bonchev–Trinajstić information content (AvgIpc) is 3.54. The van der Waals surface area contributed by atoms with E-state index in [0.717, 1.165) is 37.2 Å². The molecule has 1 aromatic carbocycles. The highest BCUT2D eigenvalue weighted by atomic mass is 19.1. The summed E-state index contributed by atoms with van der Waals surface area (Å²) < 4.78 is 37.4. The van der Waals surface area contributed by atoms with Crippen LogP contribution in [-0.4, -0.2) is 70.6 Å². The van der Waals surface area contributed by atoms with Crippen LogP contribution in [-0.2, 0) is 17.7 Å². The molecule has 5 heterocycles. The third-order valence-corrected chi connectivity index (χ3v) is 7.17. The fourth-order valence-electron chi connectivity index (χ4n) is 5.14. The van der Waals surface area contributed by atoms with E-state index in [2.05, 4.69) is 20.7 Å². The van der Waals surface area contributed by atoms with Crippen LogP contribution >= 0.6 is 0 Å². The summed E-state index contributed by atoms with van der Waals surface area (Å²) in [6, 6.07) is 3.20. The van der Waals surface area contributed by atoms with Crippen molar-refractivity contribution in [2.24, 2.45) is 0 Å². The molecule has 2 N–H and O–H groups in total. The molecule has 190 valence electrons. The summed E-state index contributed by atoms with van der Waals surface area (Å²) in [6.07, 6.45) is 8.33.